The van der Waals surface area contributed by atoms with E-state index in [2.05, 4.69) is 116 Å². The van der Waals surface area contributed by atoms with Gasteiger partial charge in [0.1, 0.15) is 0 Å². The molecule has 0 heterocycles. The van der Waals surface area contributed by atoms with Gasteiger partial charge in [-0.15, -0.1) is 0 Å². The fraction of sp³-hybridized carbons (Fsp3) is 0.400. The van der Waals surface area contributed by atoms with E-state index in [9.17, 15) is 0 Å². The fourth-order valence-corrected chi connectivity index (χ4v) is 30.2. The van der Waals surface area contributed by atoms with Crippen LogP contribution in [0, 0.1) is 0 Å². The van der Waals surface area contributed by atoms with Gasteiger partial charge >= 0.3 is 0 Å². The first-order chi connectivity index (χ1) is 11.5. The van der Waals surface area contributed by atoms with Crippen LogP contribution in [-0.2, 0) is 4.43 Å². The molecule has 0 spiro atoms. The second-order valence-corrected chi connectivity index (χ2v) is 26.6. The standard InChI is InChI=1S/C20H31BrOSi3/c1-22-25(6,7)20(21,23(2,3)18-14-10-8-11-15-18)24(4,5)19-16-12-9-13-17-19/h8-17H,1-7H3. The summed E-state index contributed by atoms with van der Waals surface area (Å²) in [7, 11) is -3.90. The van der Waals surface area contributed by atoms with Crippen molar-refractivity contribution in [1.29, 1.82) is 0 Å². The van der Waals surface area contributed by atoms with Crippen LogP contribution in [0.5, 0.6) is 0 Å². The van der Waals surface area contributed by atoms with Gasteiger partial charge in [-0.2, -0.15) is 0 Å². The minimum atomic E-state index is -2.03. The van der Waals surface area contributed by atoms with E-state index in [0.717, 1.165) is 0 Å². The molecule has 2 aromatic carbocycles. The molecule has 0 fully saturated rings. The Morgan fingerprint density at radius 3 is 1.28 bits per heavy atom. The van der Waals surface area contributed by atoms with Crippen molar-refractivity contribution in [1.82, 2.24) is 0 Å². The van der Waals surface area contributed by atoms with Gasteiger partial charge < -0.3 is 4.43 Å². The summed E-state index contributed by atoms with van der Waals surface area (Å²) in [4.78, 5) is 0. The van der Waals surface area contributed by atoms with Crippen LogP contribution in [0.2, 0.25) is 39.3 Å². The minimum absolute atomic E-state index is 0.0530. The highest BCUT2D eigenvalue weighted by molar-refractivity contribution is 9.12. The zero-order valence-corrected chi connectivity index (χ0v) is 21.1. The van der Waals surface area contributed by atoms with E-state index >= 15 is 0 Å². The third-order valence-corrected chi connectivity index (χ3v) is 35.7. The van der Waals surface area contributed by atoms with Crippen molar-refractivity contribution < 1.29 is 4.43 Å². The summed E-state index contributed by atoms with van der Waals surface area (Å²) >= 11 is 4.44. The van der Waals surface area contributed by atoms with E-state index in [1.807, 2.05) is 7.11 Å². The van der Waals surface area contributed by atoms with Crippen LogP contribution in [0.4, 0.5) is 0 Å². The van der Waals surface area contributed by atoms with E-state index in [-0.39, 0.29) is 3.19 Å². The number of benzene rings is 2. The molecule has 0 radical (unpaired) electrons. The first-order valence-corrected chi connectivity index (χ1v) is 18.6. The Morgan fingerprint density at radius 1 is 0.680 bits per heavy atom. The first-order valence-electron chi connectivity index (χ1n) is 8.87. The van der Waals surface area contributed by atoms with E-state index in [0.29, 0.717) is 0 Å². The summed E-state index contributed by atoms with van der Waals surface area (Å²) in [6.45, 7) is 14.8. The molecule has 136 valence electrons. The van der Waals surface area contributed by atoms with Crippen molar-refractivity contribution in [2.24, 2.45) is 0 Å². The quantitative estimate of drug-likeness (QED) is 0.452. The van der Waals surface area contributed by atoms with Gasteiger partial charge in [0, 0.05) is 10.3 Å². The molecule has 0 bridgehead atoms. The number of rotatable bonds is 6. The van der Waals surface area contributed by atoms with E-state index in [4.69, 9.17) is 4.43 Å². The van der Waals surface area contributed by atoms with Gasteiger partial charge in [-0.25, -0.2) is 0 Å². The molecule has 0 amide bonds. The predicted octanol–water partition coefficient (Wildman–Crippen LogP) is 4.82. The van der Waals surface area contributed by atoms with Crippen molar-refractivity contribution >= 4 is 50.8 Å². The van der Waals surface area contributed by atoms with Crippen molar-refractivity contribution in [3.8, 4) is 0 Å². The van der Waals surface area contributed by atoms with Gasteiger partial charge in [0.05, 0.1) is 16.1 Å². The molecule has 2 aromatic rings. The lowest BCUT2D eigenvalue weighted by Crippen LogP contribution is -2.83. The van der Waals surface area contributed by atoms with E-state index in [1.54, 1.807) is 0 Å². The van der Waals surface area contributed by atoms with Gasteiger partial charge in [0.2, 0.25) is 0 Å². The highest BCUT2D eigenvalue weighted by Gasteiger charge is 2.65. The Bertz CT molecular complexity index is 648. The van der Waals surface area contributed by atoms with E-state index in [1.165, 1.54) is 10.4 Å². The Balaban J connectivity index is 2.76. The fourth-order valence-electron chi connectivity index (χ4n) is 4.53. The van der Waals surface area contributed by atoms with Gasteiger partial charge in [-0.3, -0.25) is 0 Å². The van der Waals surface area contributed by atoms with Crippen molar-refractivity contribution in [2.75, 3.05) is 7.11 Å². The molecule has 0 aliphatic rings. The number of hydrogen-bond donors (Lipinski definition) is 0. The molecule has 25 heavy (non-hydrogen) atoms. The minimum Gasteiger partial charge on any atom is -0.420 e. The zero-order valence-electron chi connectivity index (χ0n) is 16.6. The van der Waals surface area contributed by atoms with Crippen LogP contribution in [-0.4, -0.2) is 34.8 Å². The predicted molar refractivity (Wildman–Crippen MR) is 123 cm³/mol. The molecule has 5 heteroatoms. The SMILES string of the molecule is CO[Si](C)(C)C(Br)([Si](C)(C)c1ccccc1)[Si](C)(C)c1ccccc1. The lowest BCUT2D eigenvalue weighted by atomic mass is 10.4. The lowest BCUT2D eigenvalue weighted by molar-refractivity contribution is 0.404. The third kappa shape index (κ3) is 3.30. The zero-order chi connectivity index (χ0) is 18.9. The third-order valence-electron chi connectivity index (χ3n) is 6.05. The molecule has 0 N–H and O–H groups in total. The monoisotopic (exact) mass is 450 g/mol. The summed E-state index contributed by atoms with van der Waals surface area (Å²) in [6.07, 6.45) is 0. The molecule has 2 rings (SSSR count). The highest BCUT2D eigenvalue weighted by Crippen LogP contribution is 2.46. The van der Waals surface area contributed by atoms with Gasteiger partial charge in [0.15, 0.2) is 8.32 Å². The second kappa shape index (κ2) is 7.27. The normalized spacial score (nSPS) is 13.8. The highest BCUT2D eigenvalue weighted by atomic mass is 79.9. The van der Waals surface area contributed by atoms with Gasteiger partial charge in [-0.05, 0) is 13.1 Å². The smallest absolute Gasteiger partial charge is 0.197 e. The molecular weight excluding hydrogens is 420 g/mol. The lowest BCUT2D eigenvalue weighted by Gasteiger charge is -2.57. The molecule has 0 aliphatic carbocycles. The molecule has 0 saturated carbocycles. The number of hydrogen-bond acceptors (Lipinski definition) is 1. The summed E-state index contributed by atoms with van der Waals surface area (Å²) < 4.78 is 6.33. The Hall–Kier alpha value is -0.469. The molecule has 1 nitrogen and oxygen atoms in total. The van der Waals surface area contributed by atoms with Crippen LogP contribution in [0.3, 0.4) is 0 Å². The maximum Gasteiger partial charge on any atom is 0.197 e. The summed E-state index contributed by atoms with van der Waals surface area (Å²) in [5.74, 6) is 0. The van der Waals surface area contributed by atoms with Crippen molar-refractivity contribution in [3.05, 3.63) is 60.7 Å². The average Bonchev–Trinajstić information content (AvgIpc) is 2.62. The average molecular weight is 452 g/mol. The van der Waals surface area contributed by atoms with Crippen LogP contribution >= 0.6 is 15.9 Å². The van der Waals surface area contributed by atoms with Crippen LogP contribution < -0.4 is 10.4 Å². The molecule has 0 saturated heterocycles. The Morgan fingerprint density at radius 2 is 1.00 bits per heavy atom. The molecule has 0 atom stereocenters. The van der Waals surface area contributed by atoms with Crippen LogP contribution in [0.15, 0.2) is 60.7 Å². The van der Waals surface area contributed by atoms with Crippen LogP contribution in [0.25, 0.3) is 0 Å². The Labute approximate surface area is 165 Å². The topological polar surface area (TPSA) is 9.23 Å². The number of alkyl halides is 1. The van der Waals surface area contributed by atoms with Crippen LogP contribution in [0.1, 0.15) is 0 Å². The molecule has 0 aromatic heterocycles. The summed E-state index contributed by atoms with van der Waals surface area (Å²) in [6, 6.07) is 22.2. The molecule has 0 aliphatic heterocycles. The van der Waals surface area contributed by atoms with Gasteiger partial charge in [-0.1, -0.05) is 113 Å². The first kappa shape index (κ1) is 20.8. The summed E-state index contributed by atoms with van der Waals surface area (Å²) in [5.41, 5.74) is 0. The Kier molecular flexibility index (Phi) is 6.06. The number of halogens is 1. The van der Waals surface area contributed by atoms with Gasteiger partial charge in [0.25, 0.3) is 0 Å². The van der Waals surface area contributed by atoms with E-state index < -0.39 is 24.5 Å². The molecular formula is C20H31BrOSi3. The second-order valence-electron chi connectivity index (χ2n) is 8.35. The maximum absolute atomic E-state index is 6.28. The van der Waals surface area contributed by atoms with Crippen molar-refractivity contribution in [2.45, 2.75) is 42.5 Å². The summed E-state index contributed by atoms with van der Waals surface area (Å²) in [5, 5.41) is 3.00. The molecule has 0 unspecified atom stereocenters. The van der Waals surface area contributed by atoms with Crippen molar-refractivity contribution in [3.63, 3.8) is 0 Å². The maximum atomic E-state index is 6.28. The largest absolute Gasteiger partial charge is 0.420 e.